The molecule has 0 unspecified atom stereocenters. The number of aryl methyl sites for hydroxylation is 2. The summed E-state index contributed by atoms with van der Waals surface area (Å²) >= 11 is 0.219. The summed E-state index contributed by atoms with van der Waals surface area (Å²) < 4.78 is 26.7. The molecular weight excluding hydrogens is 246 g/mol. The van der Waals surface area contributed by atoms with Crippen LogP contribution in [-0.2, 0) is 17.6 Å². The summed E-state index contributed by atoms with van der Waals surface area (Å²) in [7, 11) is 0. The highest BCUT2D eigenvalue weighted by Crippen LogP contribution is 2.37. The first kappa shape index (κ1) is 12.3. The minimum atomic E-state index is -3.54. The predicted octanol–water partition coefficient (Wildman–Crippen LogP) is 1.85. The topological polar surface area (TPSA) is 55.1 Å². The van der Waals surface area contributed by atoms with Crippen molar-refractivity contribution in [3.05, 3.63) is 29.3 Å². The summed E-state index contributed by atoms with van der Waals surface area (Å²) in [6.45, 7) is 0. The number of benzene rings is 1. The van der Waals surface area contributed by atoms with Crippen molar-refractivity contribution in [2.75, 3.05) is 0 Å². The van der Waals surface area contributed by atoms with E-state index >= 15 is 0 Å². The van der Waals surface area contributed by atoms with Gasteiger partial charge in [0.2, 0.25) is 0 Å². The molecule has 92 valence electrons. The molecule has 6 heteroatoms. The molecule has 2 rings (SSSR count). The number of nitrogens with one attached hydrogen (secondary N) is 1. The number of thioether (sulfide) groups is 1. The van der Waals surface area contributed by atoms with E-state index in [0.29, 0.717) is 4.90 Å². The van der Waals surface area contributed by atoms with Crippen LogP contribution in [-0.4, -0.2) is 11.2 Å². The van der Waals surface area contributed by atoms with E-state index in [1.807, 2.05) is 6.07 Å². The summed E-state index contributed by atoms with van der Waals surface area (Å²) in [6, 6.07) is 5.19. The molecule has 1 aliphatic carbocycles. The molecule has 0 atom stereocenters. The second-order valence-corrected chi connectivity index (χ2v) is 5.06. The maximum atomic E-state index is 13.3. The SMILES string of the molecule is NNC(=O)C(F)(F)Sc1ccc2c(c1)CCC2. The summed E-state index contributed by atoms with van der Waals surface area (Å²) in [5.74, 6) is 3.23. The van der Waals surface area contributed by atoms with Crippen LogP contribution in [0.3, 0.4) is 0 Å². The number of hydrogen-bond acceptors (Lipinski definition) is 3. The van der Waals surface area contributed by atoms with Crippen LogP contribution in [0.2, 0.25) is 0 Å². The van der Waals surface area contributed by atoms with Crippen molar-refractivity contribution in [3.63, 3.8) is 0 Å². The molecule has 0 heterocycles. The second-order valence-electron chi connectivity index (χ2n) is 3.88. The molecule has 3 N–H and O–H groups in total. The van der Waals surface area contributed by atoms with E-state index in [0.717, 1.165) is 24.8 Å². The van der Waals surface area contributed by atoms with Gasteiger partial charge in [0.1, 0.15) is 0 Å². The lowest BCUT2D eigenvalue weighted by atomic mass is 10.1. The maximum absolute atomic E-state index is 13.3. The Labute approximate surface area is 102 Å². The van der Waals surface area contributed by atoms with E-state index < -0.39 is 11.2 Å². The zero-order valence-electron chi connectivity index (χ0n) is 9.00. The van der Waals surface area contributed by atoms with Gasteiger partial charge in [-0.05, 0) is 54.3 Å². The molecule has 1 amide bonds. The van der Waals surface area contributed by atoms with E-state index in [9.17, 15) is 13.6 Å². The normalized spacial score (nSPS) is 14.5. The standard InChI is InChI=1S/C11H12F2N2OS/c12-11(13,10(16)15-14)17-9-5-4-7-2-1-3-8(7)6-9/h4-6H,1-3,14H2,(H,15,16). The summed E-state index contributed by atoms with van der Waals surface area (Å²) in [5.41, 5.74) is 3.77. The molecule has 0 saturated heterocycles. The van der Waals surface area contributed by atoms with Gasteiger partial charge in [-0.25, -0.2) is 5.84 Å². The van der Waals surface area contributed by atoms with E-state index in [2.05, 4.69) is 0 Å². The largest absolute Gasteiger partial charge is 0.376 e. The molecule has 1 aliphatic rings. The van der Waals surface area contributed by atoms with Crippen molar-refractivity contribution < 1.29 is 13.6 Å². The zero-order valence-corrected chi connectivity index (χ0v) is 9.82. The van der Waals surface area contributed by atoms with Gasteiger partial charge in [0.05, 0.1) is 0 Å². The van der Waals surface area contributed by atoms with Gasteiger partial charge in [-0.1, -0.05) is 6.07 Å². The number of amides is 1. The van der Waals surface area contributed by atoms with Crippen molar-refractivity contribution in [1.29, 1.82) is 0 Å². The van der Waals surface area contributed by atoms with Crippen LogP contribution in [0, 0.1) is 0 Å². The Morgan fingerprint density at radius 3 is 2.76 bits per heavy atom. The van der Waals surface area contributed by atoms with Crippen LogP contribution in [0.5, 0.6) is 0 Å². The van der Waals surface area contributed by atoms with Crippen LogP contribution in [0.15, 0.2) is 23.1 Å². The van der Waals surface area contributed by atoms with E-state index in [1.54, 1.807) is 12.1 Å². The summed E-state index contributed by atoms with van der Waals surface area (Å²) in [4.78, 5) is 11.3. The minimum Gasteiger partial charge on any atom is -0.288 e. The smallest absolute Gasteiger partial charge is 0.288 e. The first-order valence-corrected chi connectivity index (χ1v) is 6.04. The Balaban J connectivity index is 2.16. The Bertz CT molecular complexity index is 451. The summed E-state index contributed by atoms with van der Waals surface area (Å²) in [5, 5.41) is -3.54. The number of hydrogen-bond donors (Lipinski definition) is 2. The Kier molecular flexibility index (Phi) is 3.35. The highest BCUT2D eigenvalue weighted by Gasteiger charge is 2.39. The Hall–Kier alpha value is -1.14. The number of fused-ring (bicyclic) bond motifs is 1. The van der Waals surface area contributed by atoms with Crippen LogP contribution in [0.4, 0.5) is 8.78 Å². The number of nitrogens with two attached hydrogens (primary N) is 1. The van der Waals surface area contributed by atoms with Crippen LogP contribution in [0.25, 0.3) is 0 Å². The first-order valence-electron chi connectivity index (χ1n) is 5.22. The molecule has 0 spiro atoms. The highest BCUT2D eigenvalue weighted by atomic mass is 32.2. The van der Waals surface area contributed by atoms with Gasteiger partial charge >= 0.3 is 11.2 Å². The van der Waals surface area contributed by atoms with Gasteiger partial charge in [-0.15, -0.1) is 0 Å². The van der Waals surface area contributed by atoms with Crippen LogP contribution < -0.4 is 11.3 Å². The van der Waals surface area contributed by atoms with Crippen molar-refractivity contribution in [2.24, 2.45) is 5.84 Å². The number of hydrazine groups is 1. The maximum Gasteiger partial charge on any atom is 0.376 e. The Morgan fingerprint density at radius 2 is 2.06 bits per heavy atom. The van der Waals surface area contributed by atoms with E-state index in [1.165, 1.54) is 11.0 Å². The third kappa shape index (κ3) is 2.58. The average molecular weight is 258 g/mol. The van der Waals surface area contributed by atoms with Gasteiger partial charge in [0, 0.05) is 4.90 Å². The average Bonchev–Trinajstić information content (AvgIpc) is 2.74. The first-order chi connectivity index (χ1) is 8.03. The van der Waals surface area contributed by atoms with Crippen LogP contribution in [0.1, 0.15) is 17.5 Å². The fourth-order valence-corrected chi connectivity index (χ4v) is 2.67. The second kappa shape index (κ2) is 4.62. The fourth-order valence-electron chi connectivity index (χ4n) is 1.89. The molecular formula is C11H12F2N2OS. The molecule has 0 aromatic heterocycles. The van der Waals surface area contributed by atoms with Crippen molar-refractivity contribution in [3.8, 4) is 0 Å². The lowest BCUT2D eigenvalue weighted by Crippen LogP contribution is -2.41. The molecule has 0 aliphatic heterocycles. The third-order valence-corrected chi connectivity index (χ3v) is 3.64. The van der Waals surface area contributed by atoms with Crippen molar-refractivity contribution >= 4 is 17.7 Å². The number of carbonyl (C=O) groups is 1. The van der Waals surface area contributed by atoms with Crippen molar-refractivity contribution in [2.45, 2.75) is 29.4 Å². The molecule has 0 fully saturated rings. The van der Waals surface area contributed by atoms with Crippen LogP contribution >= 0.6 is 11.8 Å². The Morgan fingerprint density at radius 1 is 1.35 bits per heavy atom. The monoisotopic (exact) mass is 258 g/mol. The van der Waals surface area contributed by atoms with Gasteiger partial charge < -0.3 is 0 Å². The number of rotatable bonds is 3. The molecule has 0 saturated carbocycles. The molecule has 1 aromatic rings. The lowest BCUT2D eigenvalue weighted by molar-refractivity contribution is -0.134. The van der Waals surface area contributed by atoms with Gasteiger partial charge in [0.25, 0.3) is 0 Å². The highest BCUT2D eigenvalue weighted by molar-refractivity contribution is 8.01. The third-order valence-electron chi connectivity index (χ3n) is 2.71. The molecule has 0 radical (unpaired) electrons. The quantitative estimate of drug-likeness (QED) is 0.376. The predicted molar refractivity (Wildman–Crippen MR) is 61.6 cm³/mol. The summed E-state index contributed by atoms with van der Waals surface area (Å²) in [6.07, 6.45) is 2.97. The molecule has 17 heavy (non-hydrogen) atoms. The molecule has 1 aromatic carbocycles. The van der Waals surface area contributed by atoms with Gasteiger partial charge in [-0.2, -0.15) is 8.78 Å². The van der Waals surface area contributed by atoms with Crippen molar-refractivity contribution in [1.82, 2.24) is 5.43 Å². The number of halogens is 2. The minimum absolute atomic E-state index is 0.219. The number of alkyl halides is 2. The van der Waals surface area contributed by atoms with E-state index in [-0.39, 0.29) is 11.8 Å². The molecule has 0 bridgehead atoms. The zero-order chi connectivity index (χ0) is 12.5. The molecule has 3 nitrogen and oxygen atoms in total. The van der Waals surface area contributed by atoms with Gasteiger partial charge in [0.15, 0.2) is 0 Å². The fraction of sp³-hybridized carbons (Fsp3) is 0.364. The lowest BCUT2D eigenvalue weighted by Gasteiger charge is -2.14. The van der Waals surface area contributed by atoms with Gasteiger partial charge in [-0.3, -0.25) is 10.2 Å². The number of carbonyl (C=O) groups excluding carboxylic acids is 1. The van der Waals surface area contributed by atoms with E-state index in [4.69, 9.17) is 5.84 Å².